The van der Waals surface area contributed by atoms with E-state index in [0.717, 1.165) is 27.4 Å². The molecule has 2 aromatic carbocycles. The minimum Gasteiger partial charge on any atom is -0.452 e. The van der Waals surface area contributed by atoms with Crippen molar-refractivity contribution in [2.24, 2.45) is 0 Å². The van der Waals surface area contributed by atoms with E-state index in [0.29, 0.717) is 12.2 Å². The Morgan fingerprint density at radius 1 is 1.15 bits per heavy atom. The van der Waals surface area contributed by atoms with Crippen molar-refractivity contribution >= 4 is 35.4 Å². The number of hydrogen-bond acceptors (Lipinski definition) is 6. The number of ether oxygens (including phenoxy) is 1. The highest BCUT2D eigenvalue weighted by Gasteiger charge is 2.12. The topological polar surface area (TPSA) is 97.0 Å². The lowest BCUT2D eigenvalue weighted by atomic mass is 10.1. The number of nitrogens with one attached hydrogen (secondary N) is 1. The van der Waals surface area contributed by atoms with Gasteiger partial charge < -0.3 is 10.1 Å². The highest BCUT2D eigenvalue weighted by atomic mass is 32.2. The molecule has 0 aliphatic carbocycles. The molecule has 0 radical (unpaired) electrons. The molecule has 0 saturated carbocycles. The number of esters is 1. The standard InChI is InChI=1S/C26H26N4O3S/c1-18-8-10-21(11-9-18)16-30-20(3)22(19(2)29-30)12-13-26(32)33-17-25(31)28-23-6-4-5-7-24(23)34-15-14-27/h4-13H,15-17H2,1-3H3,(H,28,31)/b13-12+. The molecule has 0 unspecified atom stereocenters. The van der Waals surface area contributed by atoms with E-state index in [9.17, 15) is 9.59 Å². The van der Waals surface area contributed by atoms with Gasteiger partial charge in [0.2, 0.25) is 0 Å². The largest absolute Gasteiger partial charge is 0.452 e. The van der Waals surface area contributed by atoms with E-state index in [1.807, 2.05) is 37.6 Å². The van der Waals surface area contributed by atoms with Gasteiger partial charge >= 0.3 is 5.97 Å². The lowest BCUT2D eigenvalue weighted by Crippen LogP contribution is -2.20. The summed E-state index contributed by atoms with van der Waals surface area (Å²) in [6.45, 7) is 6.12. The van der Waals surface area contributed by atoms with E-state index in [-0.39, 0.29) is 5.75 Å². The van der Waals surface area contributed by atoms with Crippen LogP contribution in [-0.2, 0) is 20.9 Å². The third-order valence-electron chi connectivity index (χ3n) is 5.08. The molecule has 0 bridgehead atoms. The molecule has 0 spiro atoms. The number of amides is 1. The highest BCUT2D eigenvalue weighted by Crippen LogP contribution is 2.26. The van der Waals surface area contributed by atoms with Gasteiger partial charge in [0.15, 0.2) is 6.61 Å². The number of aromatic nitrogens is 2. The Morgan fingerprint density at radius 2 is 1.88 bits per heavy atom. The maximum atomic E-state index is 12.2. The third kappa shape index (κ3) is 6.83. The first kappa shape index (κ1) is 24.8. The van der Waals surface area contributed by atoms with Gasteiger partial charge in [-0.1, -0.05) is 42.0 Å². The van der Waals surface area contributed by atoms with Crippen molar-refractivity contribution in [1.82, 2.24) is 9.78 Å². The Morgan fingerprint density at radius 3 is 2.62 bits per heavy atom. The minimum absolute atomic E-state index is 0.271. The molecule has 1 amide bonds. The number of para-hydroxylation sites is 1. The molecule has 1 heterocycles. The second-order valence-electron chi connectivity index (χ2n) is 7.66. The Hall–Kier alpha value is -3.83. The van der Waals surface area contributed by atoms with Crippen LogP contribution in [0.3, 0.4) is 0 Å². The van der Waals surface area contributed by atoms with Crippen LogP contribution in [-0.4, -0.2) is 34.0 Å². The quantitative estimate of drug-likeness (QED) is 0.275. The van der Waals surface area contributed by atoms with Crippen molar-refractivity contribution < 1.29 is 14.3 Å². The number of anilines is 1. The van der Waals surface area contributed by atoms with E-state index >= 15 is 0 Å². The molecule has 7 nitrogen and oxygen atoms in total. The van der Waals surface area contributed by atoms with Crippen LogP contribution in [0, 0.1) is 32.1 Å². The summed E-state index contributed by atoms with van der Waals surface area (Å²) in [5.74, 6) is -0.801. The van der Waals surface area contributed by atoms with E-state index in [1.54, 1.807) is 18.2 Å². The maximum absolute atomic E-state index is 12.2. The highest BCUT2D eigenvalue weighted by molar-refractivity contribution is 7.99. The second-order valence-corrected chi connectivity index (χ2v) is 8.68. The predicted molar refractivity (Wildman–Crippen MR) is 133 cm³/mol. The first-order chi connectivity index (χ1) is 16.4. The molecular formula is C26H26N4O3S. The minimum atomic E-state index is -0.618. The van der Waals surface area contributed by atoms with Gasteiger partial charge in [-0.15, -0.1) is 11.8 Å². The lowest BCUT2D eigenvalue weighted by molar-refractivity contribution is -0.142. The van der Waals surface area contributed by atoms with Crippen molar-refractivity contribution in [3.05, 3.63) is 82.7 Å². The van der Waals surface area contributed by atoms with Crippen molar-refractivity contribution in [3.8, 4) is 6.07 Å². The zero-order valence-corrected chi connectivity index (χ0v) is 20.2. The zero-order chi connectivity index (χ0) is 24.5. The van der Waals surface area contributed by atoms with Gasteiger partial charge in [0.1, 0.15) is 0 Å². The molecule has 0 fully saturated rings. The smallest absolute Gasteiger partial charge is 0.331 e. The molecule has 34 heavy (non-hydrogen) atoms. The van der Waals surface area contributed by atoms with E-state index in [1.165, 1.54) is 23.4 Å². The van der Waals surface area contributed by atoms with Crippen molar-refractivity contribution in [3.63, 3.8) is 0 Å². The van der Waals surface area contributed by atoms with Crippen LogP contribution in [0.2, 0.25) is 0 Å². The Labute approximate surface area is 203 Å². The van der Waals surface area contributed by atoms with E-state index < -0.39 is 18.5 Å². The summed E-state index contributed by atoms with van der Waals surface area (Å²) >= 11 is 1.32. The maximum Gasteiger partial charge on any atom is 0.331 e. The van der Waals surface area contributed by atoms with Crippen LogP contribution >= 0.6 is 11.8 Å². The Balaban J connectivity index is 1.56. The lowest BCUT2D eigenvalue weighted by Gasteiger charge is -2.09. The molecule has 1 aromatic heterocycles. The summed E-state index contributed by atoms with van der Waals surface area (Å²) in [5.41, 5.74) is 5.51. The molecule has 0 saturated heterocycles. The fourth-order valence-electron chi connectivity index (χ4n) is 3.30. The normalized spacial score (nSPS) is 10.8. The monoisotopic (exact) mass is 474 g/mol. The van der Waals surface area contributed by atoms with Crippen molar-refractivity contribution in [2.45, 2.75) is 32.2 Å². The van der Waals surface area contributed by atoms with E-state index in [2.05, 4.69) is 40.8 Å². The van der Waals surface area contributed by atoms with Crippen LogP contribution in [0.1, 0.15) is 28.1 Å². The summed E-state index contributed by atoms with van der Waals surface area (Å²) in [6.07, 6.45) is 2.97. The molecule has 0 aliphatic heterocycles. The third-order valence-corrected chi connectivity index (χ3v) is 6.02. The van der Waals surface area contributed by atoms with Crippen LogP contribution < -0.4 is 5.32 Å². The van der Waals surface area contributed by atoms with E-state index in [4.69, 9.17) is 10.00 Å². The molecule has 3 rings (SSSR count). The first-order valence-electron chi connectivity index (χ1n) is 10.7. The zero-order valence-electron chi connectivity index (χ0n) is 19.4. The molecule has 0 atom stereocenters. The fourth-order valence-corrected chi connectivity index (χ4v) is 3.97. The van der Waals surface area contributed by atoms with Crippen LogP contribution in [0.5, 0.6) is 0 Å². The number of thioether (sulfide) groups is 1. The van der Waals surface area contributed by atoms with Gasteiger partial charge in [0.05, 0.1) is 29.7 Å². The van der Waals surface area contributed by atoms with Crippen LogP contribution in [0.25, 0.3) is 6.08 Å². The molecular weight excluding hydrogens is 448 g/mol. The number of aryl methyl sites for hydroxylation is 2. The van der Waals surface area contributed by atoms with Crippen LogP contribution in [0.15, 0.2) is 59.5 Å². The fraction of sp³-hybridized carbons (Fsp3) is 0.231. The number of benzene rings is 2. The molecule has 174 valence electrons. The number of carbonyl (C=O) groups is 2. The molecule has 0 aliphatic rings. The molecule has 3 aromatic rings. The average Bonchev–Trinajstić information content (AvgIpc) is 3.09. The SMILES string of the molecule is Cc1ccc(Cn2nc(C)c(/C=C/C(=O)OCC(=O)Nc3ccccc3SCC#N)c2C)cc1. The van der Waals surface area contributed by atoms with Gasteiger partial charge in [0.25, 0.3) is 5.91 Å². The van der Waals surface area contributed by atoms with Gasteiger partial charge in [-0.3, -0.25) is 9.48 Å². The Bertz CT molecular complexity index is 1240. The number of hydrogen-bond donors (Lipinski definition) is 1. The first-order valence-corrected chi connectivity index (χ1v) is 11.7. The summed E-state index contributed by atoms with van der Waals surface area (Å²) in [5, 5.41) is 16.1. The predicted octanol–water partition coefficient (Wildman–Crippen LogP) is 4.67. The van der Waals surface area contributed by atoms with Crippen LogP contribution in [0.4, 0.5) is 5.69 Å². The van der Waals surface area contributed by atoms with Gasteiger partial charge in [0, 0.05) is 22.2 Å². The summed E-state index contributed by atoms with van der Waals surface area (Å²) in [4.78, 5) is 25.2. The van der Waals surface area contributed by atoms with Crippen molar-refractivity contribution in [2.75, 3.05) is 17.7 Å². The van der Waals surface area contributed by atoms with Gasteiger partial charge in [-0.05, 0) is 44.5 Å². The number of carbonyl (C=O) groups excluding carboxylic acids is 2. The molecule has 8 heteroatoms. The second kappa shape index (κ2) is 11.9. The number of rotatable bonds is 9. The summed E-state index contributed by atoms with van der Waals surface area (Å²) in [6, 6.07) is 17.5. The molecule has 1 N–H and O–H groups in total. The van der Waals surface area contributed by atoms with Crippen molar-refractivity contribution in [1.29, 1.82) is 5.26 Å². The summed E-state index contributed by atoms with van der Waals surface area (Å²) in [7, 11) is 0. The Kier molecular flexibility index (Phi) is 8.66. The number of nitrogens with zero attached hydrogens (tertiary/aromatic N) is 3. The average molecular weight is 475 g/mol. The van der Waals surface area contributed by atoms with Gasteiger partial charge in [-0.25, -0.2) is 4.79 Å². The number of nitriles is 1. The summed E-state index contributed by atoms with van der Waals surface area (Å²) < 4.78 is 6.99. The van der Waals surface area contributed by atoms with Gasteiger partial charge in [-0.2, -0.15) is 10.4 Å².